The summed E-state index contributed by atoms with van der Waals surface area (Å²) in [4.78, 5) is 4.59. The molecule has 0 radical (unpaired) electrons. The zero-order valence-corrected chi connectivity index (χ0v) is 13.8. The molecule has 1 N–H and O–H groups in total. The number of nitrogens with zero attached hydrogens (tertiary/aromatic N) is 2. The monoisotopic (exact) mass is 337 g/mol. The van der Waals surface area contributed by atoms with Gasteiger partial charge in [-0.05, 0) is 12.1 Å². The Bertz CT molecular complexity index is 801. The van der Waals surface area contributed by atoms with E-state index in [4.69, 9.17) is 9.47 Å². The first-order valence-electron chi connectivity index (χ1n) is 7.22. The summed E-state index contributed by atoms with van der Waals surface area (Å²) in [6.07, 6.45) is 2.87. The maximum atomic E-state index is 11.2. The predicted octanol–water partition coefficient (Wildman–Crippen LogP) is 1.01. The predicted molar refractivity (Wildman–Crippen MR) is 85.6 cm³/mol. The average molecular weight is 337 g/mol. The number of benzene rings is 1. The van der Waals surface area contributed by atoms with E-state index in [1.807, 2.05) is 35.0 Å². The lowest BCUT2D eigenvalue weighted by Gasteiger charge is -2.24. The molecule has 124 valence electrons. The number of nitrogens with one attached hydrogen (secondary N) is 1. The van der Waals surface area contributed by atoms with Crippen LogP contribution in [0.1, 0.15) is 5.82 Å². The van der Waals surface area contributed by atoms with Crippen molar-refractivity contribution in [2.45, 2.75) is 19.3 Å². The highest BCUT2D eigenvalue weighted by molar-refractivity contribution is 7.88. The number of imidazole rings is 1. The summed E-state index contributed by atoms with van der Waals surface area (Å²) in [5, 5.41) is 0. The van der Waals surface area contributed by atoms with Crippen LogP contribution in [0.4, 0.5) is 0 Å². The van der Waals surface area contributed by atoms with Gasteiger partial charge in [0.25, 0.3) is 0 Å². The maximum Gasteiger partial charge on any atom is 0.208 e. The highest BCUT2D eigenvalue weighted by Crippen LogP contribution is 2.29. The summed E-state index contributed by atoms with van der Waals surface area (Å²) >= 11 is 0. The molecule has 7 nitrogen and oxygen atoms in total. The highest BCUT2D eigenvalue weighted by Gasteiger charge is 2.22. The van der Waals surface area contributed by atoms with E-state index >= 15 is 0 Å². The fourth-order valence-electron chi connectivity index (χ4n) is 2.55. The van der Waals surface area contributed by atoms with Crippen LogP contribution in [0.2, 0.25) is 0 Å². The normalized spacial score (nSPS) is 17.7. The number of ether oxygens (including phenoxy) is 2. The summed E-state index contributed by atoms with van der Waals surface area (Å²) in [6, 6.07) is 7.69. The van der Waals surface area contributed by atoms with Gasteiger partial charge in [0.15, 0.2) is 0 Å². The molecule has 0 aliphatic carbocycles. The minimum Gasteiger partial charge on any atom is -0.496 e. The van der Waals surface area contributed by atoms with Gasteiger partial charge in [0, 0.05) is 18.3 Å². The third-order valence-electron chi connectivity index (χ3n) is 3.66. The first-order valence-corrected chi connectivity index (χ1v) is 9.11. The van der Waals surface area contributed by atoms with Gasteiger partial charge in [0.2, 0.25) is 10.0 Å². The van der Waals surface area contributed by atoms with E-state index in [1.165, 1.54) is 0 Å². The van der Waals surface area contributed by atoms with Gasteiger partial charge in [-0.25, -0.2) is 18.1 Å². The quantitative estimate of drug-likeness (QED) is 0.880. The van der Waals surface area contributed by atoms with E-state index in [0.717, 1.165) is 29.1 Å². The van der Waals surface area contributed by atoms with Gasteiger partial charge in [0.05, 0.1) is 31.7 Å². The van der Waals surface area contributed by atoms with Crippen LogP contribution in [0.5, 0.6) is 5.75 Å². The summed E-state index contributed by atoms with van der Waals surface area (Å²) in [7, 11) is -1.59. The third-order valence-corrected chi connectivity index (χ3v) is 4.35. The van der Waals surface area contributed by atoms with Crippen molar-refractivity contribution in [1.82, 2.24) is 14.3 Å². The zero-order chi connectivity index (χ0) is 16.4. The Morgan fingerprint density at radius 3 is 2.96 bits per heavy atom. The molecule has 0 unspecified atom stereocenters. The lowest BCUT2D eigenvalue weighted by atomic mass is 10.1. The van der Waals surface area contributed by atoms with E-state index in [-0.39, 0.29) is 12.6 Å². The van der Waals surface area contributed by atoms with Gasteiger partial charge in [0.1, 0.15) is 18.2 Å². The zero-order valence-electron chi connectivity index (χ0n) is 13.0. The topological polar surface area (TPSA) is 82.4 Å². The molecule has 0 spiro atoms. The summed E-state index contributed by atoms with van der Waals surface area (Å²) in [6.45, 7) is 1.16. The number of para-hydroxylation sites is 1. The maximum absolute atomic E-state index is 11.2. The molecule has 1 atom stereocenters. The second kappa shape index (κ2) is 6.31. The molecule has 23 heavy (non-hydrogen) atoms. The fraction of sp³-hybridized carbons (Fsp3) is 0.400. The van der Waals surface area contributed by atoms with Crippen molar-refractivity contribution in [3.8, 4) is 17.0 Å². The average Bonchev–Trinajstić information content (AvgIpc) is 2.95. The minimum atomic E-state index is -3.22. The van der Waals surface area contributed by atoms with Crippen LogP contribution in [0.25, 0.3) is 11.3 Å². The van der Waals surface area contributed by atoms with Crippen molar-refractivity contribution in [1.29, 1.82) is 0 Å². The van der Waals surface area contributed by atoms with Crippen LogP contribution in [0, 0.1) is 0 Å². The second-order valence-electron chi connectivity index (χ2n) is 5.45. The Balaban J connectivity index is 1.79. The van der Waals surface area contributed by atoms with E-state index < -0.39 is 10.0 Å². The van der Waals surface area contributed by atoms with Crippen molar-refractivity contribution in [2.24, 2.45) is 0 Å². The molecule has 1 aromatic carbocycles. The molecule has 0 fully saturated rings. The Morgan fingerprint density at radius 2 is 2.22 bits per heavy atom. The van der Waals surface area contributed by atoms with Gasteiger partial charge < -0.3 is 14.0 Å². The van der Waals surface area contributed by atoms with Gasteiger partial charge in [-0.2, -0.15) is 0 Å². The van der Waals surface area contributed by atoms with E-state index in [1.54, 1.807) is 7.11 Å². The van der Waals surface area contributed by atoms with Crippen LogP contribution < -0.4 is 9.46 Å². The molecule has 1 aliphatic heterocycles. The van der Waals surface area contributed by atoms with Gasteiger partial charge in [-0.1, -0.05) is 12.1 Å². The third kappa shape index (κ3) is 3.72. The Hall–Kier alpha value is -1.90. The Morgan fingerprint density at radius 1 is 1.43 bits per heavy atom. The number of hydrogen-bond acceptors (Lipinski definition) is 5. The van der Waals surface area contributed by atoms with Crippen molar-refractivity contribution < 1.29 is 17.9 Å². The van der Waals surface area contributed by atoms with Crippen LogP contribution in [0.15, 0.2) is 30.5 Å². The Kier molecular flexibility index (Phi) is 4.38. The first-order chi connectivity index (χ1) is 11.0. The summed E-state index contributed by atoms with van der Waals surface area (Å²) in [5.74, 6) is 1.58. The number of hydrogen-bond donors (Lipinski definition) is 1. The second-order valence-corrected chi connectivity index (χ2v) is 7.28. The number of rotatable bonds is 5. The molecule has 0 amide bonds. The summed E-state index contributed by atoms with van der Waals surface area (Å²) in [5.41, 5.74) is 1.74. The van der Waals surface area contributed by atoms with Crippen molar-refractivity contribution in [3.63, 3.8) is 0 Å². The smallest absolute Gasteiger partial charge is 0.208 e. The van der Waals surface area contributed by atoms with E-state index in [9.17, 15) is 8.42 Å². The van der Waals surface area contributed by atoms with Crippen molar-refractivity contribution in [2.75, 3.05) is 19.9 Å². The standard InChI is InChI=1S/C15H19N3O4S/c1-21-14-6-4-3-5-12(14)13-9-18-8-11(7-16-23(2,19)20)22-10-15(18)17-13/h3-6,9,11,16H,7-8,10H2,1-2H3/t11-/m0/s1. The molecule has 1 aromatic heterocycles. The lowest BCUT2D eigenvalue weighted by molar-refractivity contribution is 0.00588. The van der Waals surface area contributed by atoms with E-state index in [2.05, 4.69) is 9.71 Å². The number of fused-ring (bicyclic) bond motifs is 1. The molecule has 0 saturated carbocycles. The molecular formula is C15H19N3O4S. The van der Waals surface area contributed by atoms with Crippen LogP contribution >= 0.6 is 0 Å². The number of sulfonamides is 1. The summed E-state index contributed by atoms with van der Waals surface area (Å²) < 4.78 is 37.9. The number of aromatic nitrogens is 2. The molecule has 0 bridgehead atoms. The molecule has 3 rings (SSSR count). The number of methoxy groups -OCH3 is 1. The largest absolute Gasteiger partial charge is 0.496 e. The van der Waals surface area contributed by atoms with Gasteiger partial charge in [-0.3, -0.25) is 0 Å². The minimum absolute atomic E-state index is 0.211. The molecule has 1 aliphatic rings. The fourth-order valence-corrected chi connectivity index (χ4v) is 3.03. The van der Waals surface area contributed by atoms with Crippen LogP contribution in [0.3, 0.4) is 0 Å². The van der Waals surface area contributed by atoms with Crippen molar-refractivity contribution in [3.05, 3.63) is 36.3 Å². The first kappa shape index (κ1) is 16.0. The molecule has 2 aromatic rings. The lowest BCUT2D eigenvalue weighted by Crippen LogP contribution is -2.38. The van der Waals surface area contributed by atoms with E-state index in [0.29, 0.717) is 13.2 Å². The van der Waals surface area contributed by atoms with Gasteiger partial charge >= 0.3 is 0 Å². The highest BCUT2D eigenvalue weighted by atomic mass is 32.2. The Labute approximate surface area is 135 Å². The van der Waals surface area contributed by atoms with Gasteiger partial charge in [-0.15, -0.1) is 0 Å². The SMILES string of the molecule is COc1ccccc1-c1cn2c(n1)CO[C@@H](CNS(C)(=O)=O)C2. The van der Waals surface area contributed by atoms with Crippen molar-refractivity contribution >= 4 is 10.0 Å². The molecular weight excluding hydrogens is 318 g/mol. The van der Waals surface area contributed by atoms with Crippen LogP contribution in [-0.2, 0) is 27.9 Å². The molecule has 2 heterocycles. The molecule has 0 saturated heterocycles. The van der Waals surface area contributed by atoms with Crippen LogP contribution in [-0.4, -0.2) is 44.0 Å². The molecule has 8 heteroatoms.